The van der Waals surface area contributed by atoms with E-state index in [1.54, 1.807) is 0 Å². The molecule has 2 atom stereocenters. The molecule has 0 amide bonds. The maximum absolute atomic E-state index is 6.05. The number of hydrogen-bond donors (Lipinski definition) is 1. The van der Waals surface area contributed by atoms with E-state index in [4.69, 9.17) is 5.73 Å². The Balaban J connectivity index is 2.02. The number of rotatable bonds is 2. The molecule has 1 fully saturated rings. The Morgan fingerprint density at radius 3 is 2.81 bits per heavy atom. The molecule has 0 saturated heterocycles. The first-order valence-corrected chi connectivity index (χ1v) is 7.06. The first kappa shape index (κ1) is 11.8. The van der Waals surface area contributed by atoms with Crippen LogP contribution in [0.3, 0.4) is 0 Å². The van der Waals surface area contributed by atoms with Gasteiger partial charge in [0.25, 0.3) is 0 Å². The number of thioether (sulfide) groups is 1. The standard InChI is InChI=1S/C14H21NS/c1-10-4-3-5-12(8-10)16-14-7-6-11(2)9-13(14)15/h6-7,9-10,12H,3-5,8,15H2,1-2H3. The number of nitrogen functional groups attached to an aromatic ring is 1. The zero-order valence-corrected chi connectivity index (χ0v) is 11.0. The monoisotopic (exact) mass is 235 g/mol. The third kappa shape index (κ3) is 2.94. The lowest BCUT2D eigenvalue weighted by Crippen LogP contribution is -2.15. The Labute approximate surface area is 103 Å². The van der Waals surface area contributed by atoms with E-state index in [2.05, 4.69) is 32.0 Å². The summed E-state index contributed by atoms with van der Waals surface area (Å²) in [5.41, 5.74) is 8.25. The van der Waals surface area contributed by atoms with Gasteiger partial charge in [-0.1, -0.05) is 25.8 Å². The summed E-state index contributed by atoms with van der Waals surface area (Å²) >= 11 is 1.98. The number of anilines is 1. The Kier molecular flexibility index (Phi) is 3.80. The van der Waals surface area contributed by atoms with Gasteiger partial charge in [0, 0.05) is 15.8 Å². The van der Waals surface area contributed by atoms with Crippen molar-refractivity contribution in [2.24, 2.45) is 5.92 Å². The molecule has 0 aromatic heterocycles. The molecule has 2 N–H and O–H groups in total. The van der Waals surface area contributed by atoms with Gasteiger partial charge in [0.2, 0.25) is 0 Å². The van der Waals surface area contributed by atoms with Gasteiger partial charge in [-0.25, -0.2) is 0 Å². The molecule has 1 saturated carbocycles. The van der Waals surface area contributed by atoms with Gasteiger partial charge in [0.1, 0.15) is 0 Å². The minimum Gasteiger partial charge on any atom is -0.398 e. The number of aryl methyl sites for hydroxylation is 1. The van der Waals surface area contributed by atoms with E-state index in [0.29, 0.717) is 0 Å². The molecule has 1 aliphatic rings. The van der Waals surface area contributed by atoms with Crippen LogP contribution in [0.5, 0.6) is 0 Å². The lowest BCUT2D eigenvalue weighted by molar-refractivity contribution is 0.394. The van der Waals surface area contributed by atoms with Crippen molar-refractivity contribution in [1.82, 2.24) is 0 Å². The molecule has 0 spiro atoms. The van der Waals surface area contributed by atoms with E-state index in [0.717, 1.165) is 16.9 Å². The second-order valence-electron chi connectivity index (χ2n) is 5.05. The molecule has 0 aliphatic heterocycles. The van der Waals surface area contributed by atoms with Crippen LogP contribution in [0.25, 0.3) is 0 Å². The quantitative estimate of drug-likeness (QED) is 0.776. The van der Waals surface area contributed by atoms with E-state index < -0.39 is 0 Å². The van der Waals surface area contributed by atoms with E-state index >= 15 is 0 Å². The van der Waals surface area contributed by atoms with Crippen molar-refractivity contribution in [1.29, 1.82) is 0 Å². The minimum absolute atomic E-state index is 0.772. The molecule has 1 aromatic carbocycles. The van der Waals surface area contributed by atoms with Crippen LogP contribution in [-0.4, -0.2) is 5.25 Å². The zero-order chi connectivity index (χ0) is 11.5. The molecule has 1 nitrogen and oxygen atoms in total. The fraction of sp³-hybridized carbons (Fsp3) is 0.571. The fourth-order valence-electron chi connectivity index (χ4n) is 2.44. The summed E-state index contributed by atoms with van der Waals surface area (Å²) in [6, 6.07) is 6.41. The van der Waals surface area contributed by atoms with Gasteiger partial charge in [0.15, 0.2) is 0 Å². The molecule has 2 heteroatoms. The summed E-state index contributed by atoms with van der Waals surface area (Å²) in [5, 5.41) is 0.772. The second kappa shape index (κ2) is 5.13. The molecule has 2 unspecified atom stereocenters. The highest BCUT2D eigenvalue weighted by Crippen LogP contribution is 2.38. The summed E-state index contributed by atoms with van der Waals surface area (Å²) in [7, 11) is 0. The Hall–Kier alpha value is -0.630. The molecule has 16 heavy (non-hydrogen) atoms. The summed E-state index contributed by atoms with van der Waals surface area (Å²) in [5.74, 6) is 0.887. The van der Waals surface area contributed by atoms with Crippen LogP contribution in [-0.2, 0) is 0 Å². The van der Waals surface area contributed by atoms with Crippen LogP contribution in [0.1, 0.15) is 38.2 Å². The van der Waals surface area contributed by atoms with Gasteiger partial charge < -0.3 is 5.73 Å². The fourth-order valence-corrected chi connectivity index (χ4v) is 3.85. The van der Waals surface area contributed by atoms with Crippen molar-refractivity contribution < 1.29 is 0 Å². The Morgan fingerprint density at radius 2 is 2.12 bits per heavy atom. The van der Waals surface area contributed by atoms with Crippen molar-refractivity contribution >= 4 is 17.4 Å². The normalized spacial score (nSPS) is 25.6. The molecule has 0 bridgehead atoms. The molecule has 88 valence electrons. The average Bonchev–Trinajstić information content (AvgIpc) is 2.22. The molecule has 0 radical (unpaired) electrons. The minimum atomic E-state index is 0.772. The summed E-state index contributed by atoms with van der Waals surface area (Å²) in [4.78, 5) is 1.27. The van der Waals surface area contributed by atoms with E-state index in [1.165, 1.54) is 36.1 Å². The van der Waals surface area contributed by atoms with Gasteiger partial charge in [-0.2, -0.15) is 0 Å². The highest BCUT2D eigenvalue weighted by molar-refractivity contribution is 8.00. The van der Waals surface area contributed by atoms with Gasteiger partial charge >= 0.3 is 0 Å². The highest BCUT2D eigenvalue weighted by Gasteiger charge is 2.20. The SMILES string of the molecule is Cc1ccc(SC2CCCC(C)C2)c(N)c1. The van der Waals surface area contributed by atoms with Crippen LogP contribution in [0, 0.1) is 12.8 Å². The zero-order valence-electron chi connectivity index (χ0n) is 10.2. The summed E-state index contributed by atoms with van der Waals surface area (Å²) < 4.78 is 0. The van der Waals surface area contributed by atoms with Crippen LogP contribution in [0.4, 0.5) is 5.69 Å². The molecular formula is C14H21NS. The molecule has 0 heterocycles. The molecule has 1 aliphatic carbocycles. The number of nitrogens with two attached hydrogens (primary N) is 1. The maximum Gasteiger partial charge on any atom is 0.0454 e. The topological polar surface area (TPSA) is 26.0 Å². The van der Waals surface area contributed by atoms with Gasteiger partial charge in [-0.05, 0) is 43.4 Å². The van der Waals surface area contributed by atoms with Crippen LogP contribution in [0.15, 0.2) is 23.1 Å². The summed E-state index contributed by atoms with van der Waals surface area (Å²) in [6.45, 7) is 4.46. The van der Waals surface area contributed by atoms with Crippen LogP contribution < -0.4 is 5.73 Å². The first-order chi connectivity index (χ1) is 7.65. The second-order valence-corrected chi connectivity index (χ2v) is 6.40. The van der Waals surface area contributed by atoms with E-state index in [9.17, 15) is 0 Å². The number of hydrogen-bond acceptors (Lipinski definition) is 2. The predicted molar refractivity (Wildman–Crippen MR) is 72.9 cm³/mol. The molecule has 2 rings (SSSR count). The highest BCUT2D eigenvalue weighted by atomic mass is 32.2. The summed E-state index contributed by atoms with van der Waals surface area (Å²) in [6.07, 6.45) is 5.48. The van der Waals surface area contributed by atoms with Crippen molar-refractivity contribution in [2.45, 2.75) is 49.7 Å². The van der Waals surface area contributed by atoms with Crippen molar-refractivity contribution in [2.75, 3.05) is 5.73 Å². The van der Waals surface area contributed by atoms with Crippen molar-refractivity contribution in [3.05, 3.63) is 23.8 Å². The first-order valence-electron chi connectivity index (χ1n) is 6.18. The van der Waals surface area contributed by atoms with Crippen molar-refractivity contribution in [3.63, 3.8) is 0 Å². The van der Waals surface area contributed by atoms with Crippen molar-refractivity contribution in [3.8, 4) is 0 Å². The Bertz CT molecular complexity index is 362. The lowest BCUT2D eigenvalue weighted by Gasteiger charge is -2.26. The van der Waals surface area contributed by atoms with Gasteiger partial charge in [-0.3, -0.25) is 0 Å². The Morgan fingerprint density at radius 1 is 1.31 bits per heavy atom. The number of benzene rings is 1. The van der Waals surface area contributed by atoms with Gasteiger partial charge in [-0.15, -0.1) is 11.8 Å². The molecular weight excluding hydrogens is 214 g/mol. The van der Waals surface area contributed by atoms with E-state index in [-0.39, 0.29) is 0 Å². The average molecular weight is 235 g/mol. The maximum atomic E-state index is 6.05. The largest absolute Gasteiger partial charge is 0.398 e. The molecule has 1 aromatic rings. The smallest absolute Gasteiger partial charge is 0.0454 e. The third-order valence-electron chi connectivity index (χ3n) is 3.35. The lowest BCUT2D eigenvalue weighted by atomic mass is 9.91. The van der Waals surface area contributed by atoms with Gasteiger partial charge in [0.05, 0.1) is 0 Å². The van der Waals surface area contributed by atoms with Crippen LogP contribution in [0.2, 0.25) is 0 Å². The predicted octanol–water partition coefficient (Wildman–Crippen LogP) is 4.25. The third-order valence-corrected chi connectivity index (χ3v) is 4.73. The van der Waals surface area contributed by atoms with Crippen LogP contribution >= 0.6 is 11.8 Å². The van der Waals surface area contributed by atoms with E-state index in [1.807, 2.05) is 11.8 Å².